The largest absolute Gasteiger partial charge is 0.486 e. The number of benzene rings is 2. The predicted molar refractivity (Wildman–Crippen MR) is 69.2 cm³/mol. The highest BCUT2D eigenvalue weighted by atomic mass is 32.2. The number of fused-ring (bicyclic) bond motifs is 1. The fourth-order valence-electron chi connectivity index (χ4n) is 1.68. The maximum atomic E-state index is 10.8. The molecule has 1 unspecified atom stereocenters. The lowest BCUT2D eigenvalue weighted by Gasteiger charge is -2.06. The summed E-state index contributed by atoms with van der Waals surface area (Å²) in [5, 5.41) is 2.27. The topological polar surface area (TPSA) is 59.9 Å². The molecular formula is C12H10N2O3S. The normalized spacial score (nSPS) is 18.4. The molecule has 6 heteroatoms. The molecule has 0 saturated heterocycles. The van der Waals surface area contributed by atoms with Crippen molar-refractivity contribution in [1.82, 2.24) is 5.48 Å². The van der Waals surface area contributed by atoms with Crippen LogP contribution in [-0.4, -0.2) is 16.7 Å². The van der Waals surface area contributed by atoms with Gasteiger partial charge >= 0.3 is 11.3 Å². The zero-order chi connectivity index (χ0) is 12.4. The highest BCUT2D eigenvalue weighted by molar-refractivity contribution is 7.79. The van der Waals surface area contributed by atoms with Gasteiger partial charge in [-0.15, -0.1) is 4.40 Å². The quantitative estimate of drug-likeness (QED) is 0.915. The molecule has 1 heterocycles. The van der Waals surface area contributed by atoms with E-state index in [-0.39, 0.29) is 6.61 Å². The molecule has 0 aliphatic carbocycles. The molecule has 0 radical (unpaired) electrons. The summed E-state index contributed by atoms with van der Waals surface area (Å²) in [6.45, 7) is 0.198. The van der Waals surface area contributed by atoms with Gasteiger partial charge in [-0.2, -0.15) is 4.28 Å². The lowest BCUT2D eigenvalue weighted by Crippen LogP contribution is -2.23. The van der Waals surface area contributed by atoms with E-state index in [0.717, 1.165) is 16.5 Å². The SMILES string of the molecule is O=S1N=C(COc2ccc3ccccc3c2)NO1. The third-order valence-corrected chi connectivity index (χ3v) is 3.11. The predicted octanol–water partition coefficient (Wildman–Crippen LogP) is 1.73. The monoisotopic (exact) mass is 262 g/mol. The summed E-state index contributed by atoms with van der Waals surface area (Å²) in [6.07, 6.45) is 0. The zero-order valence-electron chi connectivity index (χ0n) is 9.33. The van der Waals surface area contributed by atoms with Gasteiger partial charge in [0.25, 0.3) is 0 Å². The molecule has 0 fully saturated rings. The second-order valence-electron chi connectivity index (χ2n) is 3.74. The number of nitrogens with zero attached hydrogens (tertiary/aromatic N) is 1. The van der Waals surface area contributed by atoms with E-state index in [9.17, 15) is 4.21 Å². The van der Waals surface area contributed by atoms with Gasteiger partial charge in [-0.25, -0.2) is 9.69 Å². The van der Waals surface area contributed by atoms with E-state index < -0.39 is 11.3 Å². The molecule has 2 aromatic carbocycles. The highest BCUT2D eigenvalue weighted by Gasteiger charge is 2.13. The summed E-state index contributed by atoms with van der Waals surface area (Å²) in [5.41, 5.74) is 2.44. The Kier molecular flexibility index (Phi) is 2.95. The van der Waals surface area contributed by atoms with Crippen LogP contribution in [0.4, 0.5) is 0 Å². The molecule has 0 amide bonds. The van der Waals surface area contributed by atoms with Crippen LogP contribution in [0, 0.1) is 0 Å². The van der Waals surface area contributed by atoms with Crippen molar-refractivity contribution in [1.29, 1.82) is 0 Å². The minimum absolute atomic E-state index is 0.198. The Hall–Kier alpha value is -1.92. The molecule has 1 aliphatic rings. The molecule has 2 aromatic rings. The number of hydrogen-bond acceptors (Lipinski definition) is 4. The summed E-state index contributed by atoms with van der Waals surface area (Å²) < 4.78 is 24.6. The third kappa shape index (κ3) is 2.34. The standard InChI is InChI=1S/C12H10N2O3S/c15-18-14-12(13-17-18)8-16-11-6-5-9-3-1-2-4-10(9)7-11/h1-7H,8H2,(H,13,14). The molecule has 5 nitrogen and oxygen atoms in total. The molecule has 0 aromatic heterocycles. The van der Waals surface area contributed by atoms with Crippen molar-refractivity contribution < 1.29 is 13.2 Å². The Bertz CT molecular complexity index is 642. The van der Waals surface area contributed by atoms with Crippen LogP contribution in [0.5, 0.6) is 5.75 Å². The van der Waals surface area contributed by atoms with Gasteiger partial charge < -0.3 is 4.74 Å². The van der Waals surface area contributed by atoms with Gasteiger partial charge in [-0.1, -0.05) is 30.3 Å². The Morgan fingerprint density at radius 1 is 1.22 bits per heavy atom. The first-order chi connectivity index (χ1) is 8.81. The summed E-state index contributed by atoms with van der Waals surface area (Å²) in [7, 11) is 0. The molecule has 3 rings (SSSR count). The van der Waals surface area contributed by atoms with Crippen LogP contribution in [0.15, 0.2) is 46.9 Å². The first-order valence-corrected chi connectivity index (χ1v) is 6.39. The van der Waals surface area contributed by atoms with Crippen molar-refractivity contribution in [2.24, 2.45) is 4.40 Å². The average molecular weight is 262 g/mol. The Morgan fingerprint density at radius 3 is 2.83 bits per heavy atom. The van der Waals surface area contributed by atoms with Crippen LogP contribution in [0.1, 0.15) is 0 Å². The number of hydroxylamine groups is 1. The van der Waals surface area contributed by atoms with Crippen molar-refractivity contribution >= 4 is 27.9 Å². The van der Waals surface area contributed by atoms with E-state index in [4.69, 9.17) is 4.74 Å². The maximum Gasteiger partial charge on any atom is 0.309 e. The third-order valence-electron chi connectivity index (χ3n) is 2.51. The van der Waals surface area contributed by atoms with Crippen LogP contribution >= 0.6 is 0 Å². The molecule has 0 saturated carbocycles. The Morgan fingerprint density at radius 2 is 2.06 bits per heavy atom. The second-order valence-corrected chi connectivity index (χ2v) is 4.52. The fourth-order valence-corrected chi connectivity index (χ4v) is 2.15. The van der Waals surface area contributed by atoms with Crippen LogP contribution in [0.3, 0.4) is 0 Å². The van der Waals surface area contributed by atoms with Crippen molar-refractivity contribution in [3.05, 3.63) is 42.5 Å². The molecule has 1 aliphatic heterocycles. The first-order valence-electron chi connectivity index (χ1n) is 5.36. The molecule has 0 spiro atoms. The first kappa shape index (κ1) is 11.2. The van der Waals surface area contributed by atoms with Crippen molar-refractivity contribution in [2.75, 3.05) is 6.61 Å². The number of amidine groups is 1. The van der Waals surface area contributed by atoms with Gasteiger partial charge in [0, 0.05) is 0 Å². The van der Waals surface area contributed by atoms with Crippen LogP contribution in [0.25, 0.3) is 10.8 Å². The number of rotatable bonds is 3. The zero-order valence-corrected chi connectivity index (χ0v) is 10.1. The van der Waals surface area contributed by atoms with E-state index >= 15 is 0 Å². The van der Waals surface area contributed by atoms with Crippen molar-refractivity contribution in [3.63, 3.8) is 0 Å². The minimum atomic E-state index is -1.64. The van der Waals surface area contributed by atoms with E-state index in [2.05, 4.69) is 14.2 Å². The number of nitrogens with one attached hydrogen (secondary N) is 1. The van der Waals surface area contributed by atoms with E-state index in [1.54, 1.807) is 0 Å². The summed E-state index contributed by atoms with van der Waals surface area (Å²) in [4.78, 5) is 0. The van der Waals surface area contributed by atoms with Gasteiger partial charge in [-0.3, -0.25) is 0 Å². The van der Waals surface area contributed by atoms with E-state index in [1.807, 2.05) is 42.5 Å². The fraction of sp³-hybridized carbons (Fsp3) is 0.0833. The maximum absolute atomic E-state index is 10.8. The smallest absolute Gasteiger partial charge is 0.309 e. The molecule has 92 valence electrons. The second kappa shape index (κ2) is 4.75. The lowest BCUT2D eigenvalue weighted by atomic mass is 10.1. The van der Waals surface area contributed by atoms with Gasteiger partial charge in [0.15, 0.2) is 5.84 Å². The summed E-state index contributed by atoms with van der Waals surface area (Å²) in [6, 6.07) is 13.9. The number of ether oxygens (including phenoxy) is 1. The molecule has 1 atom stereocenters. The van der Waals surface area contributed by atoms with E-state index in [1.165, 1.54) is 0 Å². The van der Waals surface area contributed by atoms with Crippen molar-refractivity contribution in [3.8, 4) is 5.75 Å². The average Bonchev–Trinajstić information content (AvgIpc) is 2.82. The van der Waals surface area contributed by atoms with Crippen LogP contribution < -0.4 is 10.2 Å². The van der Waals surface area contributed by atoms with Gasteiger partial charge in [-0.05, 0) is 22.9 Å². The molecule has 1 N–H and O–H groups in total. The van der Waals surface area contributed by atoms with Gasteiger partial charge in [0.2, 0.25) is 0 Å². The van der Waals surface area contributed by atoms with Crippen molar-refractivity contribution in [2.45, 2.75) is 0 Å². The van der Waals surface area contributed by atoms with Gasteiger partial charge in [0.1, 0.15) is 12.4 Å². The van der Waals surface area contributed by atoms with Gasteiger partial charge in [0.05, 0.1) is 0 Å². The Balaban J connectivity index is 1.75. The lowest BCUT2D eigenvalue weighted by molar-refractivity contribution is 0.289. The molecule has 0 bridgehead atoms. The minimum Gasteiger partial charge on any atom is -0.486 e. The van der Waals surface area contributed by atoms with Crippen LogP contribution in [-0.2, 0) is 15.6 Å². The molecular weight excluding hydrogens is 252 g/mol. The number of hydrogen-bond donors (Lipinski definition) is 1. The summed E-state index contributed by atoms with van der Waals surface area (Å²) >= 11 is -1.64. The summed E-state index contributed by atoms with van der Waals surface area (Å²) in [5.74, 6) is 1.15. The van der Waals surface area contributed by atoms with E-state index in [0.29, 0.717) is 5.84 Å². The van der Waals surface area contributed by atoms with Crippen LogP contribution in [0.2, 0.25) is 0 Å². The highest BCUT2D eigenvalue weighted by Crippen LogP contribution is 2.20. The molecule has 18 heavy (non-hydrogen) atoms. The Labute approximate surface area is 106 Å².